The topological polar surface area (TPSA) is 68.2 Å². The van der Waals surface area contributed by atoms with E-state index < -0.39 is 0 Å². The Hall–Kier alpha value is -1.91. The van der Waals surface area contributed by atoms with Crippen molar-refractivity contribution in [3.63, 3.8) is 0 Å². The highest BCUT2D eigenvalue weighted by atomic mass is 16.2. The molecule has 1 aromatic rings. The van der Waals surface area contributed by atoms with Gasteiger partial charge < -0.3 is 9.88 Å². The Bertz CT molecular complexity index is 604. The van der Waals surface area contributed by atoms with Gasteiger partial charge in [-0.15, -0.1) is 0 Å². The van der Waals surface area contributed by atoms with Gasteiger partial charge in [0.15, 0.2) is 5.78 Å². The van der Waals surface area contributed by atoms with Crippen LogP contribution in [0.5, 0.6) is 0 Å². The molecular formula is C16H22N2O3. The van der Waals surface area contributed by atoms with Crippen LogP contribution in [0.1, 0.15) is 55.6 Å². The van der Waals surface area contributed by atoms with Gasteiger partial charge in [-0.25, -0.2) is 0 Å². The normalized spacial score (nSPS) is 15.4. The van der Waals surface area contributed by atoms with Gasteiger partial charge in [-0.2, -0.15) is 0 Å². The van der Waals surface area contributed by atoms with Gasteiger partial charge in [-0.3, -0.25) is 14.4 Å². The second kappa shape index (κ2) is 6.70. The first kappa shape index (κ1) is 15.5. The lowest BCUT2D eigenvalue weighted by Crippen LogP contribution is -2.39. The molecule has 1 aliphatic rings. The summed E-state index contributed by atoms with van der Waals surface area (Å²) < 4.78 is 1.44. The molecule has 1 aromatic heterocycles. The minimum Gasteiger partial charge on any atom is -0.352 e. The number of carbonyl (C=O) groups excluding carboxylic acids is 2. The Kier molecular flexibility index (Phi) is 4.94. The molecular weight excluding hydrogens is 268 g/mol. The summed E-state index contributed by atoms with van der Waals surface area (Å²) >= 11 is 0. The number of hydrogen-bond donors (Lipinski definition) is 1. The molecule has 0 aromatic carbocycles. The van der Waals surface area contributed by atoms with Crippen molar-refractivity contribution >= 4 is 11.7 Å². The average molecular weight is 290 g/mol. The highest BCUT2D eigenvalue weighted by molar-refractivity contribution is 5.98. The largest absolute Gasteiger partial charge is 0.352 e. The molecule has 0 fully saturated rings. The number of nitrogens with one attached hydrogen (secondary N) is 1. The molecule has 21 heavy (non-hydrogen) atoms. The van der Waals surface area contributed by atoms with Crippen LogP contribution < -0.4 is 10.9 Å². The average Bonchev–Trinajstić information content (AvgIpc) is 2.42. The van der Waals surface area contributed by atoms with Crippen LogP contribution in [0, 0.1) is 0 Å². The molecule has 0 radical (unpaired) electrons. The highest BCUT2D eigenvalue weighted by Crippen LogP contribution is 2.19. The molecule has 5 nitrogen and oxygen atoms in total. The maximum atomic E-state index is 12.1. The predicted molar refractivity (Wildman–Crippen MR) is 80.5 cm³/mol. The van der Waals surface area contributed by atoms with Crippen LogP contribution in [0.3, 0.4) is 0 Å². The highest BCUT2D eigenvalue weighted by Gasteiger charge is 2.21. The Morgan fingerprint density at radius 2 is 2.10 bits per heavy atom. The molecule has 0 spiro atoms. The lowest BCUT2D eigenvalue weighted by Gasteiger charge is -2.20. The molecule has 1 amide bonds. The third kappa shape index (κ3) is 3.60. The van der Waals surface area contributed by atoms with Gasteiger partial charge in [0, 0.05) is 29.8 Å². The molecule has 114 valence electrons. The first-order valence-corrected chi connectivity index (χ1v) is 7.58. The second-order valence-corrected chi connectivity index (χ2v) is 5.65. The number of aromatic nitrogens is 1. The maximum Gasteiger partial charge on any atom is 0.251 e. The van der Waals surface area contributed by atoms with E-state index in [9.17, 15) is 14.4 Å². The number of fused-ring (bicyclic) bond motifs is 1. The van der Waals surface area contributed by atoms with Crippen molar-refractivity contribution in [1.29, 1.82) is 0 Å². The van der Waals surface area contributed by atoms with Gasteiger partial charge in [0.25, 0.3) is 5.56 Å². The zero-order valence-corrected chi connectivity index (χ0v) is 12.6. The predicted octanol–water partition coefficient (Wildman–Crippen LogP) is 1.67. The summed E-state index contributed by atoms with van der Waals surface area (Å²) in [7, 11) is 0. The number of hydrogen-bond acceptors (Lipinski definition) is 3. The summed E-state index contributed by atoms with van der Waals surface area (Å²) in [5.41, 5.74) is 1.08. The molecule has 5 heteroatoms. The van der Waals surface area contributed by atoms with Gasteiger partial charge >= 0.3 is 0 Å². The molecule has 0 saturated heterocycles. The van der Waals surface area contributed by atoms with Gasteiger partial charge in [0.2, 0.25) is 5.91 Å². The van der Waals surface area contributed by atoms with Crippen molar-refractivity contribution in [2.75, 3.05) is 0 Å². The van der Waals surface area contributed by atoms with E-state index in [0.29, 0.717) is 24.1 Å². The molecule has 1 atom stereocenters. The number of Topliss-reactive ketones (excluding diaryl/α,β-unsaturated/α-hetero) is 1. The lowest BCUT2D eigenvalue weighted by molar-refractivity contribution is -0.122. The molecule has 0 saturated carbocycles. The summed E-state index contributed by atoms with van der Waals surface area (Å²) in [6.07, 6.45) is 3.84. The van der Waals surface area contributed by atoms with Crippen molar-refractivity contribution in [2.24, 2.45) is 0 Å². The molecule has 1 aliphatic carbocycles. The van der Waals surface area contributed by atoms with E-state index in [2.05, 4.69) is 12.2 Å². The van der Waals surface area contributed by atoms with Gasteiger partial charge in [0.1, 0.15) is 6.54 Å². The summed E-state index contributed by atoms with van der Waals surface area (Å²) in [6.45, 7) is 4.00. The van der Waals surface area contributed by atoms with Crippen LogP contribution >= 0.6 is 0 Å². The minimum absolute atomic E-state index is 0.0106. The maximum absolute atomic E-state index is 12.1. The number of carbonyl (C=O) groups is 2. The van der Waals surface area contributed by atoms with Gasteiger partial charge in [-0.05, 0) is 32.3 Å². The van der Waals surface area contributed by atoms with Crippen LogP contribution in [-0.2, 0) is 17.8 Å². The number of amides is 1. The zero-order valence-electron chi connectivity index (χ0n) is 12.6. The lowest BCUT2D eigenvalue weighted by atomic mass is 9.94. The molecule has 1 heterocycles. The Balaban J connectivity index is 2.20. The summed E-state index contributed by atoms with van der Waals surface area (Å²) in [4.78, 5) is 36.0. The van der Waals surface area contributed by atoms with E-state index in [4.69, 9.17) is 0 Å². The van der Waals surface area contributed by atoms with Crippen LogP contribution in [0.2, 0.25) is 0 Å². The molecule has 1 unspecified atom stereocenters. The number of pyridine rings is 1. The summed E-state index contributed by atoms with van der Waals surface area (Å²) in [5, 5.41) is 2.89. The fourth-order valence-corrected chi connectivity index (χ4v) is 2.84. The van der Waals surface area contributed by atoms with Crippen LogP contribution in [-0.4, -0.2) is 22.3 Å². The summed E-state index contributed by atoms with van der Waals surface area (Å²) in [6, 6.07) is 3.07. The van der Waals surface area contributed by atoms with E-state index in [0.717, 1.165) is 19.3 Å². The van der Waals surface area contributed by atoms with Gasteiger partial charge in [0.05, 0.1) is 0 Å². The standard InChI is InChI=1S/C16H22N2O3/c1-3-5-11(2)17-15(20)10-18-13-6-4-7-14(19)12(13)8-9-16(18)21/h8-9,11H,3-7,10H2,1-2H3,(H,17,20). The SMILES string of the molecule is CCCC(C)NC(=O)Cn1c2c(ccc1=O)C(=O)CCC2. The van der Waals surface area contributed by atoms with Crippen LogP contribution in [0.4, 0.5) is 0 Å². The molecule has 2 rings (SSSR count). The molecule has 0 aliphatic heterocycles. The summed E-state index contributed by atoms with van der Waals surface area (Å²) in [5.74, 6) is -0.116. The molecule has 1 N–H and O–H groups in total. The van der Waals surface area contributed by atoms with Crippen molar-refractivity contribution in [3.05, 3.63) is 33.7 Å². The first-order valence-electron chi connectivity index (χ1n) is 7.58. The van der Waals surface area contributed by atoms with Crippen molar-refractivity contribution in [3.8, 4) is 0 Å². The van der Waals surface area contributed by atoms with E-state index in [1.165, 1.54) is 10.6 Å². The second-order valence-electron chi connectivity index (χ2n) is 5.65. The third-order valence-electron chi connectivity index (χ3n) is 3.84. The Morgan fingerprint density at radius 3 is 2.81 bits per heavy atom. The van der Waals surface area contributed by atoms with Crippen LogP contribution in [0.25, 0.3) is 0 Å². The first-order chi connectivity index (χ1) is 10.0. The number of rotatable bonds is 5. The third-order valence-corrected chi connectivity index (χ3v) is 3.84. The molecule has 0 bridgehead atoms. The van der Waals surface area contributed by atoms with E-state index in [1.54, 1.807) is 6.07 Å². The Morgan fingerprint density at radius 1 is 1.33 bits per heavy atom. The van der Waals surface area contributed by atoms with Crippen LogP contribution in [0.15, 0.2) is 16.9 Å². The monoisotopic (exact) mass is 290 g/mol. The fourth-order valence-electron chi connectivity index (χ4n) is 2.84. The van der Waals surface area contributed by atoms with E-state index >= 15 is 0 Å². The Labute approximate surface area is 124 Å². The van der Waals surface area contributed by atoms with Crippen molar-refractivity contribution in [1.82, 2.24) is 9.88 Å². The minimum atomic E-state index is -0.221. The number of ketones is 1. The number of nitrogens with zero attached hydrogens (tertiary/aromatic N) is 1. The fraction of sp³-hybridized carbons (Fsp3) is 0.562. The van der Waals surface area contributed by atoms with E-state index in [1.807, 2.05) is 6.92 Å². The smallest absolute Gasteiger partial charge is 0.251 e. The van der Waals surface area contributed by atoms with Crippen molar-refractivity contribution < 1.29 is 9.59 Å². The quantitative estimate of drug-likeness (QED) is 0.897. The zero-order chi connectivity index (χ0) is 15.4. The van der Waals surface area contributed by atoms with Crippen molar-refractivity contribution in [2.45, 2.75) is 58.5 Å². The van der Waals surface area contributed by atoms with Gasteiger partial charge in [-0.1, -0.05) is 13.3 Å². The van der Waals surface area contributed by atoms with E-state index in [-0.39, 0.29) is 29.8 Å².